The molecule has 0 radical (unpaired) electrons. The molecule has 3 aromatic rings. The summed E-state index contributed by atoms with van der Waals surface area (Å²) in [7, 11) is 2.01. The second-order valence-corrected chi connectivity index (χ2v) is 5.68. The van der Waals surface area contributed by atoms with Gasteiger partial charge in [-0.25, -0.2) is 0 Å². The molecule has 4 heteroatoms. The number of allylic oxidation sites excluding steroid dienone is 1. The lowest BCUT2D eigenvalue weighted by Crippen LogP contribution is -2.20. The average molecular weight is 301 g/mol. The van der Waals surface area contributed by atoms with Gasteiger partial charge in [-0.2, -0.15) is 5.26 Å². The van der Waals surface area contributed by atoms with E-state index in [1.807, 2.05) is 43.4 Å². The van der Waals surface area contributed by atoms with Gasteiger partial charge < -0.3 is 15.0 Å². The van der Waals surface area contributed by atoms with Gasteiger partial charge in [0.15, 0.2) is 0 Å². The molecule has 0 amide bonds. The molecule has 23 heavy (non-hydrogen) atoms. The number of nitrogens with two attached hydrogens (primary N) is 1. The SMILES string of the molecule is Cn1cc(C2C(C#N)=C(N)Oc3ccccc32)c2ccccc21. The standard InChI is InChI=1S/C19H15N3O/c1-22-11-15(12-6-2-4-8-16(12)22)18-13-7-3-5-9-17(13)23-19(21)14(18)10-20/h2-9,11,18H,21H2,1H3. The Morgan fingerprint density at radius 2 is 1.83 bits per heavy atom. The van der Waals surface area contributed by atoms with E-state index in [4.69, 9.17) is 10.5 Å². The monoisotopic (exact) mass is 301 g/mol. The van der Waals surface area contributed by atoms with Crippen LogP contribution in [0.1, 0.15) is 17.0 Å². The third-order valence-corrected chi connectivity index (χ3v) is 4.36. The number of hydrogen-bond acceptors (Lipinski definition) is 3. The number of aryl methyl sites for hydroxylation is 1. The first-order valence-corrected chi connectivity index (χ1v) is 7.41. The van der Waals surface area contributed by atoms with Crippen LogP contribution in [0.4, 0.5) is 0 Å². The lowest BCUT2D eigenvalue weighted by molar-refractivity contribution is 0.394. The smallest absolute Gasteiger partial charge is 0.205 e. The predicted octanol–water partition coefficient (Wildman–Crippen LogP) is 3.40. The van der Waals surface area contributed by atoms with E-state index in [0.29, 0.717) is 11.3 Å². The molecular weight excluding hydrogens is 286 g/mol. The fraction of sp³-hybridized carbons (Fsp3) is 0.105. The molecule has 2 N–H and O–H groups in total. The minimum atomic E-state index is -0.212. The van der Waals surface area contributed by atoms with E-state index in [-0.39, 0.29) is 11.8 Å². The number of para-hydroxylation sites is 2. The van der Waals surface area contributed by atoms with Crippen molar-refractivity contribution in [1.82, 2.24) is 4.57 Å². The first-order chi connectivity index (χ1) is 11.2. The maximum atomic E-state index is 9.62. The van der Waals surface area contributed by atoms with E-state index in [2.05, 4.69) is 29.0 Å². The Hall–Kier alpha value is -3.19. The van der Waals surface area contributed by atoms with Crippen LogP contribution in [-0.2, 0) is 7.05 Å². The Labute approximate surface area is 134 Å². The van der Waals surface area contributed by atoms with Crippen LogP contribution < -0.4 is 10.5 Å². The van der Waals surface area contributed by atoms with Crippen LogP contribution in [0.3, 0.4) is 0 Å². The lowest BCUT2D eigenvalue weighted by atomic mass is 9.83. The maximum Gasteiger partial charge on any atom is 0.205 e. The Morgan fingerprint density at radius 1 is 1.09 bits per heavy atom. The third-order valence-electron chi connectivity index (χ3n) is 4.36. The van der Waals surface area contributed by atoms with Crippen molar-refractivity contribution in [2.75, 3.05) is 0 Å². The highest BCUT2D eigenvalue weighted by Gasteiger charge is 2.32. The Kier molecular flexibility index (Phi) is 2.88. The third kappa shape index (κ3) is 1.91. The summed E-state index contributed by atoms with van der Waals surface area (Å²) in [5, 5.41) is 10.7. The summed E-state index contributed by atoms with van der Waals surface area (Å²) in [5.74, 6) is 0.683. The molecule has 0 spiro atoms. The highest BCUT2D eigenvalue weighted by molar-refractivity contribution is 5.86. The number of benzene rings is 2. The summed E-state index contributed by atoms with van der Waals surface area (Å²) in [6.07, 6.45) is 2.07. The molecule has 0 fully saturated rings. The van der Waals surface area contributed by atoms with E-state index in [1.54, 1.807) is 0 Å². The molecule has 1 atom stereocenters. The average Bonchev–Trinajstić information content (AvgIpc) is 2.90. The van der Waals surface area contributed by atoms with Gasteiger partial charge in [-0.1, -0.05) is 36.4 Å². The summed E-state index contributed by atoms with van der Waals surface area (Å²) >= 11 is 0. The van der Waals surface area contributed by atoms with Crippen molar-refractivity contribution < 1.29 is 4.74 Å². The number of ether oxygens (including phenoxy) is 1. The summed E-state index contributed by atoms with van der Waals surface area (Å²) in [5.41, 5.74) is 9.63. The minimum absolute atomic E-state index is 0.184. The number of fused-ring (bicyclic) bond motifs is 2. The molecule has 1 aliphatic heterocycles. The van der Waals surface area contributed by atoms with Crippen LogP contribution in [0.5, 0.6) is 5.75 Å². The second kappa shape index (κ2) is 4.92. The zero-order valence-corrected chi connectivity index (χ0v) is 12.7. The van der Waals surface area contributed by atoms with Gasteiger partial charge in [0.1, 0.15) is 17.4 Å². The normalized spacial score (nSPS) is 16.8. The number of aromatic nitrogens is 1. The van der Waals surface area contributed by atoms with Crippen LogP contribution in [0.25, 0.3) is 10.9 Å². The lowest BCUT2D eigenvalue weighted by Gasteiger charge is -2.25. The van der Waals surface area contributed by atoms with Gasteiger partial charge >= 0.3 is 0 Å². The van der Waals surface area contributed by atoms with Gasteiger partial charge in [-0.05, 0) is 17.7 Å². The maximum absolute atomic E-state index is 9.62. The van der Waals surface area contributed by atoms with Crippen molar-refractivity contribution in [1.29, 1.82) is 5.26 Å². The van der Waals surface area contributed by atoms with Gasteiger partial charge in [0, 0.05) is 29.7 Å². The molecule has 1 aromatic heterocycles. The van der Waals surface area contributed by atoms with E-state index in [0.717, 1.165) is 22.0 Å². The summed E-state index contributed by atoms with van der Waals surface area (Å²) in [6, 6.07) is 18.1. The molecule has 0 bridgehead atoms. The predicted molar refractivity (Wildman–Crippen MR) is 88.7 cm³/mol. The van der Waals surface area contributed by atoms with Gasteiger partial charge in [-0.15, -0.1) is 0 Å². The molecule has 4 rings (SSSR count). The fourth-order valence-corrected chi connectivity index (χ4v) is 3.33. The topological polar surface area (TPSA) is 64.0 Å². The van der Waals surface area contributed by atoms with Gasteiger partial charge in [0.25, 0.3) is 0 Å². The van der Waals surface area contributed by atoms with Crippen LogP contribution in [0.2, 0.25) is 0 Å². The van der Waals surface area contributed by atoms with E-state index < -0.39 is 0 Å². The largest absolute Gasteiger partial charge is 0.440 e. The molecule has 4 nitrogen and oxygen atoms in total. The molecule has 0 saturated carbocycles. The zero-order valence-electron chi connectivity index (χ0n) is 12.7. The molecule has 112 valence electrons. The number of rotatable bonds is 1. The van der Waals surface area contributed by atoms with E-state index in [9.17, 15) is 5.26 Å². The van der Waals surface area contributed by atoms with Crippen LogP contribution in [0, 0.1) is 11.3 Å². The van der Waals surface area contributed by atoms with Crippen LogP contribution in [0.15, 0.2) is 66.2 Å². The van der Waals surface area contributed by atoms with Crippen LogP contribution >= 0.6 is 0 Å². The van der Waals surface area contributed by atoms with Crippen molar-refractivity contribution in [2.24, 2.45) is 12.8 Å². The molecule has 2 aromatic carbocycles. The van der Waals surface area contributed by atoms with Gasteiger partial charge in [0.05, 0.1) is 5.92 Å². The first kappa shape index (κ1) is 13.5. The number of hydrogen-bond donors (Lipinski definition) is 1. The van der Waals surface area contributed by atoms with E-state index >= 15 is 0 Å². The number of nitrogens with zero attached hydrogens (tertiary/aromatic N) is 2. The highest BCUT2D eigenvalue weighted by atomic mass is 16.5. The molecular formula is C19H15N3O. The van der Waals surface area contributed by atoms with Crippen molar-refractivity contribution >= 4 is 10.9 Å². The van der Waals surface area contributed by atoms with Crippen molar-refractivity contribution in [2.45, 2.75) is 5.92 Å². The Balaban J connectivity index is 2.04. The molecule has 1 unspecified atom stereocenters. The number of nitriles is 1. The van der Waals surface area contributed by atoms with Gasteiger partial charge in [0.2, 0.25) is 5.88 Å². The van der Waals surface area contributed by atoms with Gasteiger partial charge in [-0.3, -0.25) is 0 Å². The summed E-state index contributed by atoms with van der Waals surface area (Å²) in [6.45, 7) is 0. The second-order valence-electron chi connectivity index (χ2n) is 5.68. The quantitative estimate of drug-likeness (QED) is 0.749. The minimum Gasteiger partial charge on any atom is -0.440 e. The fourth-order valence-electron chi connectivity index (χ4n) is 3.33. The van der Waals surface area contributed by atoms with E-state index in [1.165, 1.54) is 0 Å². The molecule has 0 aliphatic carbocycles. The molecule has 1 aliphatic rings. The Morgan fingerprint density at radius 3 is 2.65 bits per heavy atom. The first-order valence-electron chi connectivity index (χ1n) is 7.41. The molecule has 0 saturated heterocycles. The Bertz CT molecular complexity index is 991. The van der Waals surface area contributed by atoms with Crippen LogP contribution in [-0.4, -0.2) is 4.57 Å². The van der Waals surface area contributed by atoms with Crippen molar-refractivity contribution in [3.63, 3.8) is 0 Å². The summed E-state index contributed by atoms with van der Waals surface area (Å²) < 4.78 is 7.71. The van der Waals surface area contributed by atoms with Crippen molar-refractivity contribution in [3.05, 3.63) is 77.3 Å². The summed E-state index contributed by atoms with van der Waals surface area (Å²) in [4.78, 5) is 0. The van der Waals surface area contributed by atoms with Crippen molar-refractivity contribution in [3.8, 4) is 11.8 Å². The zero-order chi connectivity index (χ0) is 16.0. The highest BCUT2D eigenvalue weighted by Crippen LogP contribution is 2.44. The molecule has 2 heterocycles.